The number of hydrogen-bond donors (Lipinski definition) is 0. The van der Waals surface area contributed by atoms with Crippen molar-refractivity contribution >= 4 is 23.1 Å². The minimum absolute atomic E-state index is 0.112. The molecule has 1 aromatic rings. The van der Waals surface area contributed by atoms with Gasteiger partial charge in [-0.05, 0) is 39.8 Å². The van der Waals surface area contributed by atoms with Crippen LogP contribution in [0.4, 0.5) is 14.5 Å². The highest BCUT2D eigenvalue weighted by atomic mass is 19.3. The number of nitrogens with zero attached hydrogens (tertiary/aromatic N) is 2. The van der Waals surface area contributed by atoms with Gasteiger partial charge in [0.2, 0.25) is 5.71 Å². The van der Waals surface area contributed by atoms with E-state index in [4.69, 9.17) is 4.74 Å². The molecular formula is C15H18F2N2O3. The number of para-hydroxylation sites is 1. The predicted octanol–water partition coefficient (Wildman–Crippen LogP) is 3.72. The third-order valence-corrected chi connectivity index (χ3v) is 2.21. The van der Waals surface area contributed by atoms with Gasteiger partial charge in [-0.25, -0.2) is 4.79 Å². The molecule has 22 heavy (non-hydrogen) atoms. The lowest BCUT2D eigenvalue weighted by molar-refractivity contribution is -0.147. The molecule has 0 heterocycles. The molecule has 1 aromatic carbocycles. The predicted molar refractivity (Wildman–Crippen MR) is 79.6 cm³/mol. The van der Waals surface area contributed by atoms with Crippen LogP contribution < -0.4 is 0 Å². The van der Waals surface area contributed by atoms with Gasteiger partial charge in [-0.1, -0.05) is 23.4 Å². The van der Waals surface area contributed by atoms with Gasteiger partial charge in [0.15, 0.2) is 0 Å². The van der Waals surface area contributed by atoms with Gasteiger partial charge in [0.25, 0.3) is 0 Å². The number of oxime groups is 1. The standard InChI is InChI=1S/C15H18F2N2O3/c1-10(18-11-8-6-5-7-9-11)12(19-22-14(16)17)13(20)21-15(2,3)4/h5-9,14H,1-4H3. The number of alkyl halides is 2. The van der Waals surface area contributed by atoms with Gasteiger partial charge < -0.3 is 9.57 Å². The first kappa shape index (κ1) is 17.7. The maximum absolute atomic E-state index is 12.2. The van der Waals surface area contributed by atoms with Gasteiger partial charge >= 0.3 is 12.6 Å². The Labute approximate surface area is 127 Å². The Morgan fingerprint density at radius 3 is 2.27 bits per heavy atom. The molecule has 0 aliphatic carbocycles. The summed E-state index contributed by atoms with van der Waals surface area (Å²) < 4.78 is 29.4. The van der Waals surface area contributed by atoms with E-state index in [1.807, 2.05) is 0 Å². The Bertz CT molecular complexity index is 564. The van der Waals surface area contributed by atoms with Crippen molar-refractivity contribution in [2.75, 3.05) is 0 Å². The number of benzene rings is 1. The average Bonchev–Trinajstić information content (AvgIpc) is 2.37. The van der Waals surface area contributed by atoms with Crippen LogP contribution in [-0.4, -0.2) is 29.6 Å². The lowest BCUT2D eigenvalue weighted by atomic mass is 10.2. The topological polar surface area (TPSA) is 60.2 Å². The van der Waals surface area contributed by atoms with Crippen LogP contribution in [-0.2, 0) is 14.4 Å². The van der Waals surface area contributed by atoms with Gasteiger partial charge in [0.1, 0.15) is 5.60 Å². The van der Waals surface area contributed by atoms with E-state index in [1.165, 1.54) is 6.92 Å². The molecule has 0 radical (unpaired) electrons. The number of rotatable bonds is 5. The van der Waals surface area contributed by atoms with Crippen molar-refractivity contribution in [3.63, 3.8) is 0 Å². The molecule has 0 saturated carbocycles. The number of halogens is 2. The zero-order valence-corrected chi connectivity index (χ0v) is 12.8. The SMILES string of the molecule is CC(=Nc1ccccc1)C(=NOC(F)F)C(=O)OC(C)(C)C. The Kier molecular flexibility index (Phi) is 6.15. The van der Waals surface area contributed by atoms with Crippen molar-refractivity contribution in [2.45, 2.75) is 39.9 Å². The zero-order valence-electron chi connectivity index (χ0n) is 12.8. The molecule has 0 aliphatic heterocycles. The van der Waals surface area contributed by atoms with E-state index in [-0.39, 0.29) is 5.71 Å². The van der Waals surface area contributed by atoms with Crippen LogP contribution >= 0.6 is 0 Å². The van der Waals surface area contributed by atoms with Crippen molar-refractivity contribution < 1.29 is 23.1 Å². The molecule has 5 nitrogen and oxygen atoms in total. The van der Waals surface area contributed by atoms with E-state index in [0.29, 0.717) is 5.69 Å². The maximum atomic E-state index is 12.2. The summed E-state index contributed by atoms with van der Waals surface area (Å²) in [5.41, 5.74) is -0.538. The van der Waals surface area contributed by atoms with Crippen molar-refractivity contribution in [2.24, 2.45) is 10.1 Å². The second-order valence-electron chi connectivity index (χ2n) is 5.34. The average molecular weight is 312 g/mol. The van der Waals surface area contributed by atoms with E-state index < -0.39 is 23.9 Å². The molecule has 120 valence electrons. The summed E-state index contributed by atoms with van der Waals surface area (Å²) in [7, 11) is 0. The molecule has 0 saturated heterocycles. The van der Waals surface area contributed by atoms with Crippen LogP contribution in [0, 0.1) is 0 Å². The second kappa shape index (κ2) is 7.63. The van der Waals surface area contributed by atoms with Gasteiger partial charge in [0.05, 0.1) is 11.4 Å². The highest BCUT2D eigenvalue weighted by molar-refractivity contribution is 6.65. The van der Waals surface area contributed by atoms with Crippen LogP contribution in [0.15, 0.2) is 40.5 Å². The van der Waals surface area contributed by atoms with Crippen molar-refractivity contribution in [1.29, 1.82) is 0 Å². The van der Waals surface area contributed by atoms with Crippen LogP contribution in [0.5, 0.6) is 0 Å². The monoisotopic (exact) mass is 312 g/mol. The van der Waals surface area contributed by atoms with E-state index in [1.54, 1.807) is 51.1 Å². The number of hydrogen-bond acceptors (Lipinski definition) is 5. The minimum Gasteiger partial charge on any atom is -0.455 e. The lowest BCUT2D eigenvalue weighted by Crippen LogP contribution is -2.32. The minimum atomic E-state index is -3.14. The van der Waals surface area contributed by atoms with Crippen molar-refractivity contribution in [1.82, 2.24) is 0 Å². The Morgan fingerprint density at radius 1 is 1.18 bits per heavy atom. The molecule has 0 unspecified atom stereocenters. The molecule has 0 aromatic heterocycles. The maximum Gasteiger partial charge on any atom is 0.407 e. The molecule has 0 atom stereocenters. The van der Waals surface area contributed by atoms with Gasteiger partial charge in [0, 0.05) is 0 Å². The molecule has 7 heteroatoms. The first-order chi connectivity index (χ1) is 10.2. The van der Waals surface area contributed by atoms with Gasteiger partial charge in [-0.3, -0.25) is 4.99 Å². The van der Waals surface area contributed by atoms with Crippen molar-refractivity contribution in [3.8, 4) is 0 Å². The molecular weight excluding hydrogens is 294 g/mol. The summed E-state index contributed by atoms with van der Waals surface area (Å²) in [5.74, 6) is -0.884. The Hall–Kier alpha value is -2.31. The van der Waals surface area contributed by atoms with E-state index in [2.05, 4.69) is 15.0 Å². The van der Waals surface area contributed by atoms with E-state index in [0.717, 1.165) is 0 Å². The van der Waals surface area contributed by atoms with E-state index in [9.17, 15) is 13.6 Å². The fourth-order valence-corrected chi connectivity index (χ4v) is 1.42. The fraction of sp³-hybridized carbons (Fsp3) is 0.400. The summed E-state index contributed by atoms with van der Waals surface area (Å²) in [6.07, 6.45) is 0. The van der Waals surface area contributed by atoms with Gasteiger partial charge in [-0.2, -0.15) is 8.78 Å². The number of ether oxygens (including phenoxy) is 1. The summed E-state index contributed by atoms with van der Waals surface area (Å²) in [5, 5.41) is 3.16. The molecule has 0 spiro atoms. The third-order valence-electron chi connectivity index (χ3n) is 2.21. The summed E-state index contributed by atoms with van der Waals surface area (Å²) in [4.78, 5) is 20.1. The number of carbonyl (C=O) groups excluding carboxylic acids is 1. The number of aliphatic imine (C=N–C) groups is 1. The second-order valence-corrected chi connectivity index (χ2v) is 5.34. The van der Waals surface area contributed by atoms with Crippen LogP contribution in [0.1, 0.15) is 27.7 Å². The molecule has 0 N–H and O–H groups in total. The fourth-order valence-electron chi connectivity index (χ4n) is 1.42. The largest absolute Gasteiger partial charge is 0.455 e. The lowest BCUT2D eigenvalue weighted by Gasteiger charge is -2.19. The highest BCUT2D eigenvalue weighted by Gasteiger charge is 2.24. The van der Waals surface area contributed by atoms with E-state index >= 15 is 0 Å². The summed E-state index contributed by atoms with van der Waals surface area (Å²) >= 11 is 0. The highest BCUT2D eigenvalue weighted by Crippen LogP contribution is 2.13. The Balaban J connectivity index is 3.07. The molecule has 0 fully saturated rings. The molecule has 1 rings (SSSR count). The first-order valence-corrected chi connectivity index (χ1v) is 6.55. The first-order valence-electron chi connectivity index (χ1n) is 6.55. The summed E-state index contributed by atoms with van der Waals surface area (Å²) in [6.45, 7) is 3.28. The molecule has 0 aliphatic rings. The normalized spacial score (nSPS) is 13.2. The Morgan fingerprint density at radius 2 is 1.77 bits per heavy atom. The van der Waals surface area contributed by atoms with Crippen LogP contribution in [0.2, 0.25) is 0 Å². The summed E-state index contributed by atoms with van der Waals surface area (Å²) in [6, 6.07) is 8.71. The molecule has 0 bridgehead atoms. The number of carbonyl (C=O) groups is 1. The van der Waals surface area contributed by atoms with Crippen LogP contribution in [0.3, 0.4) is 0 Å². The van der Waals surface area contributed by atoms with Crippen molar-refractivity contribution in [3.05, 3.63) is 30.3 Å². The molecule has 0 amide bonds. The quantitative estimate of drug-likeness (QED) is 0.473. The van der Waals surface area contributed by atoms with Gasteiger partial charge in [-0.15, -0.1) is 0 Å². The van der Waals surface area contributed by atoms with Crippen LogP contribution in [0.25, 0.3) is 0 Å². The smallest absolute Gasteiger partial charge is 0.407 e. The number of esters is 1. The third kappa shape index (κ3) is 6.43. The zero-order chi connectivity index (χ0) is 16.8.